The van der Waals surface area contributed by atoms with Crippen molar-refractivity contribution in [2.45, 2.75) is 68.8 Å². The normalized spacial score (nSPS) is 13.9. The molecule has 0 heterocycles. The van der Waals surface area contributed by atoms with Crippen molar-refractivity contribution in [2.24, 2.45) is 5.73 Å². The summed E-state index contributed by atoms with van der Waals surface area (Å²) in [7, 11) is 0. The van der Waals surface area contributed by atoms with Crippen LogP contribution in [0.2, 0.25) is 0 Å². The molecule has 0 spiro atoms. The molecule has 0 aliphatic carbocycles. The number of carboxylic acids is 1. The van der Waals surface area contributed by atoms with E-state index in [4.69, 9.17) is 5.73 Å². The SMILES string of the molecule is NCCCCNC(=O)C(CCCN(O)C=O)NC(=O)C(CO)NC(=O)C(NC(=O)C(CCCN(O)C=O)NC=O)C(O)C(=O)O. The molecule has 0 saturated heterocycles. The maximum atomic E-state index is 13.0. The second-order valence-electron chi connectivity index (χ2n) is 9.52. The number of rotatable bonds is 26. The number of aliphatic carboxylic acids is 1. The first-order valence-electron chi connectivity index (χ1n) is 13.8. The minimum absolute atomic E-state index is 0.0347. The quantitative estimate of drug-likeness (QED) is 0.0180. The number of nitrogens with zero attached hydrogens (tertiary/aromatic N) is 2. The van der Waals surface area contributed by atoms with Crippen molar-refractivity contribution in [1.29, 1.82) is 0 Å². The number of unbranched alkanes of at least 4 members (excludes halogenated alkanes) is 1. The first-order chi connectivity index (χ1) is 21.4. The molecule has 21 heteroatoms. The van der Waals surface area contributed by atoms with Crippen LogP contribution in [-0.2, 0) is 38.4 Å². The van der Waals surface area contributed by atoms with Gasteiger partial charge in [-0.3, -0.25) is 44.0 Å². The highest BCUT2D eigenvalue weighted by Crippen LogP contribution is 2.04. The Labute approximate surface area is 257 Å². The van der Waals surface area contributed by atoms with Gasteiger partial charge in [0, 0.05) is 19.6 Å². The minimum Gasteiger partial charge on any atom is -0.479 e. The number of nitrogens with one attached hydrogen (secondary N) is 5. The van der Waals surface area contributed by atoms with Crippen LogP contribution in [0, 0.1) is 0 Å². The van der Waals surface area contributed by atoms with Crippen molar-refractivity contribution in [3.63, 3.8) is 0 Å². The van der Waals surface area contributed by atoms with Crippen molar-refractivity contribution in [3.8, 4) is 0 Å². The standard InChI is InChI=1S/C24H42N8O13/c25-7-1-2-8-26-20(38)16(6-4-10-32(45)14-36)28-22(40)17(11-33)29-23(41)18(19(37)24(42)43)30-21(39)15(27-12-34)5-3-9-31(44)13-35/h12-19,33,37,44-45H,1-11,25H2,(H,26,38)(H,27,34)(H,28,40)(H,29,41)(H,30,39)(H,42,43). The van der Waals surface area contributed by atoms with Crippen molar-refractivity contribution in [3.05, 3.63) is 0 Å². The van der Waals surface area contributed by atoms with E-state index in [0.717, 1.165) is 0 Å². The van der Waals surface area contributed by atoms with E-state index in [0.29, 0.717) is 24.4 Å². The monoisotopic (exact) mass is 650 g/mol. The van der Waals surface area contributed by atoms with Crippen molar-refractivity contribution < 1.29 is 64.1 Å². The molecule has 0 aliphatic rings. The highest BCUT2D eigenvalue weighted by Gasteiger charge is 2.37. The van der Waals surface area contributed by atoms with Gasteiger partial charge in [-0.1, -0.05) is 0 Å². The van der Waals surface area contributed by atoms with E-state index in [2.05, 4.69) is 16.0 Å². The molecule has 256 valence electrons. The number of carboxylic acid groups (broad SMARTS) is 1. The Balaban J connectivity index is 5.72. The summed E-state index contributed by atoms with van der Waals surface area (Å²) in [6, 6.07) is -6.75. The zero-order valence-electron chi connectivity index (χ0n) is 24.4. The number of nitrogens with two attached hydrogens (primary N) is 1. The average molecular weight is 651 g/mol. The highest BCUT2D eigenvalue weighted by atomic mass is 16.5. The fourth-order valence-corrected chi connectivity index (χ4v) is 3.68. The van der Waals surface area contributed by atoms with Gasteiger partial charge in [0.25, 0.3) is 0 Å². The zero-order valence-corrected chi connectivity index (χ0v) is 24.4. The largest absolute Gasteiger partial charge is 0.479 e. The Morgan fingerprint density at radius 2 is 1.27 bits per heavy atom. The number of aliphatic hydroxyl groups is 2. The fourth-order valence-electron chi connectivity index (χ4n) is 3.68. The molecule has 5 unspecified atom stereocenters. The molecule has 0 fully saturated rings. The third-order valence-electron chi connectivity index (χ3n) is 6.12. The summed E-state index contributed by atoms with van der Waals surface area (Å²) >= 11 is 0. The van der Waals surface area contributed by atoms with Crippen LogP contribution in [-0.4, -0.2) is 148 Å². The Hall–Kier alpha value is -4.44. The molecule has 7 amide bonds. The average Bonchev–Trinajstić information content (AvgIpc) is 3.02. The summed E-state index contributed by atoms with van der Waals surface area (Å²) in [5.41, 5.74) is 5.42. The zero-order chi connectivity index (χ0) is 34.4. The first kappa shape index (κ1) is 40.6. The number of hydrogen-bond donors (Lipinski definition) is 11. The van der Waals surface area contributed by atoms with Gasteiger partial charge >= 0.3 is 5.97 Å². The number of carbonyl (C=O) groups excluding carboxylic acids is 7. The van der Waals surface area contributed by atoms with E-state index in [1.165, 1.54) is 0 Å². The topological polar surface area (TPSA) is 330 Å². The molecule has 12 N–H and O–H groups in total. The van der Waals surface area contributed by atoms with E-state index in [9.17, 15) is 64.1 Å². The fraction of sp³-hybridized carbons (Fsp3) is 0.667. The predicted octanol–water partition coefficient (Wildman–Crippen LogP) is -5.90. The van der Waals surface area contributed by atoms with Crippen LogP contribution < -0.4 is 32.3 Å². The van der Waals surface area contributed by atoms with Crippen molar-refractivity contribution >= 4 is 48.8 Å². The summed E-state index contributed by atoms with van der Waals surface area (Å²) in [6.45, 7) is -0.939. The molecule has 0 aromatic carbocycles. The van der Waals surface area contributed by atoms with Gasteiger partial charge in [0.05, 0.1) is 6.61 Å². The molecule has 0 bridgehead atoms. The van der Waals surface area contributed by atoms with Gasteiger partial charge in [-0.15, -0.1) is 0 Å². The van der Waals surface area contributed by atoms with Crippen LogP contribution in [0.3, 0.4) is 0 Å². The summed E-state index contributed by atoms with van der Waals surface area (Å²) < 4.78 is 0. The highest BCUT2D eigenvalue weighted by molar-refractivity contribution is 5.97. The molecule has 0 rings (SSSR count). The predicted molar refractivity (Wildman–Crippen MR) is 148 cm³/mol. The summed E-state index contributed by atoms with van der Waals surface area (Å²) in [5, 5.41) is 59.1. The van der Waals surface area contributed by atoms with Crippen LogP contribution >= 0.6 is 0 Å². The second-order valence-corrected chi connectivity index (χ2v) is 9.52. The van der Waals surface area contributed by atoms with Crippen LogP contribution in [0.25, 0.3) is 0 Å². The first-order valence-corrected chi connectivity index (χ1v) is 13.8. The summed E-state index contributed by atoms with van der Waals surface area (Å²) in [4.78, 5) is 94.9. The van der Waals surface area contributed by atoms with Crippen LogP contribution in [0.1, 0.15) is 38.5 Å². The van der Waals surface area contributed by atoms with Crippen LogP contribution in [0.4, 0.5) is 0 Å². The van der Waals surface area contributed by atoms with Gasteiger partial charge in [-0.25, -0.2) is 14.9 Å². The third-order valence-corrected chi connectivity index (χ3v) is 6.12. The third kappa shape index (κ3) is 16.3. The van der Waals surface area contributed by atoms with Crippen LogP contribution in [0.15, 0.2) is 0 Å². The lowest BCUT2D eigenvalue weighted by Crippen LogP contribution is -2.62. The van der Waals surface area contributed by atoms with Gasteiger partial charge in [0.2, 0.25) is 42.9 Å². The smallest absolute Gasteiger partial charge is 0.335 e. The lowest BCUT2D eigenvalue weighted by molar-refractivity contribution is -0.152. The van der Waals surface area contributed by atoms with E-state index in [-0.39, 0.29) is 69.6 Å². The van der Waals surface area contributed by atoms with Gasteiger partial charge in [-0.05, 0) is 45.1 Å². The summed E-state index contributed by atoms with van der Waals surface area (Å²) in [6.07, 6.45) is -1.41. The van der Waals surface area contributed by atoms with E-state index in [1.807, 2.05) is 10.6 Å². The van der Waals surface area contributed by atoms with Gasteiger partial charge in [0.15, 0.2) is 6.10 Å². The van der Waals surface area contributed by atoms with Gasteiger partial charge in [-0.2, -0.15) is 0 Å². The lowest BCUT2D eigenvalue weighted by atomic mass is 10.1. The molecule has 0 saturated carbocycles. The van der Waals surface area contributed by atoms with E-state index in [1.54, 1.807) is 0 Å². The molecule has 0 aliphatic heterocycles. The second kappa shape index (κ2) is 23.0. The van der Waals surface area contributed by atoms with Gasteiger partial charge in [0.1, 0.15) is 24.2 Å². The molecule has 21 nitrogen and oxygen atoms in total. The number of aliphatic hydroxyl groups excluding tert-OH is 2. The molecule has 45 heavy (non-hydrogen) atoms. The molecule has 5 atom stereocenters. The number of hydroxylamine groups is 4. The number of amides is 7. The minimum atomic E-state index is -2.57. The van der Waals surface area contributed by atoms with Gasteiger partial charge < -0.3 is 47.6 Å². The Bertz CT molecular complexity index is 989. The summed E-state index contributed by atoms with van der Waals surface area (Å²) in [5.74, 6) is -6.34. The number of hydrogen-bond acceptors (Lipinski definition) is 13. The van der Waals surface area contributed by atoms with E-state index >= 15 is 0 Å². The molecule has 0 aromatic rings. The number of carbonyl (C=O) groups is 8. The maximum Gasteiger partial charge on any atom is 0.335 e. The van der Waals surface area contributed by atoms with E-state index < -0.39 is 66.5 Å². The molecular weight excluding hydrogens is 608 g/mol. The molecule has 0 aromatic heterocycles. The Morgan fingerprint density at radius 3 is 1.76 bits per heavy atom. The molecule has 0 radical (unpaired) electrons. The van der Waals surface area contributed by atoms with Crippen molar-refractivity contribution in [2.75, 3.05) is 32.8 Å². The lowest BCUT2D eigenvalue weighted by Gasteiger charge is -2.26. The Morgan fingerprint density at radius 1 is 0.733 bits per heavy atom. The Kier molecular flexibility index (Phi) is 20.7. The van der Waals surface area contributed by atoms with Crippen LogP contribution in [0.5, 0.6) is 0 Å². The van der Waals surface area contributed by atoms with Crippen molar-refractivity contribution in [1.82, 2.24) is 36.7 Å². The molecular formula is C24H42N8O13. The maximum absolute atomic E-state index is 13.0.